The molecule has 2 fully saturated rings. The van der Waals surface area contributed by atoms with Crippen molar-refractivity contribution in [2.75, 3.05) is 13.1 Å². The van der Waals surface area contributed by atoms with E-state index < -0.39 is 6.09 Å². The second-order valence-corrected chi connectivity index (χ2v) is 14.9. The molecule has 1 aliphatic carbocycles. The number of H-pyrrole nitrogens is 1. The quantitative estimate of drug-likeness (QED) is 0.273. The van der Waals surface area contributed by atoms with Gasteiger partial charge in [-0.25, -0.2) is 19.1 Å². The van der Waals surface area contributed by atoms with Crippen LogP contribution in [-0.2, 0) is 12.8 Å². The van der Waals surface area contributed by atoms with Gasteiger partial charge in [-0.15, -0.1) is 0 Å². The molecular weight excluding hydrogens is 558 g/mol. The number of carbonyl (C=O) groups excluding carboxylic acids is 1. The van der Waals surface area contributed by atoms with Gasteiger partial charge in [-0.2, -0.15) is 0 Å². The molecule has 232 valence electrons. The number of likely N-dealkylation sites (tertiary alicyclic amines) is 1. The standard InChI is InChI=1S/C35H48ClN5O2/c1-9-23-19-24(12-13-29(23)36)31-38-32-27(20-26-25(16-21(2)3)17-22(4)18-28(26)35(5,6)7)30(37-8)33(41(32)39-31)43-34(42)40-14-10-11-15-40/h12-13,19,21-22,25-26,28H,9-11,14-18,20H2,1-7H3,(H,38,39). The van der Waals surface area contributed by atoms with Gasteiger partial charge in [-0.05, 0) is 104 Å². The summed E-state index contributed by atoms with van der Waals surface area (Å²) < 4.78 is 7.80. The highest BCUT2D eigenvalue weighted by molar-refractivity contribution is 6.31. The van der Waals surface area contributed by atoms with E-state index in [1.54, 1.807) is 9.42 Å². The summed E-state index contributed by atoms with van der Waals surface area (Å²) in [5.74, 6) is 3.64. The summed E-state index contributed by atoms with van der Waals surface area (Å²) in [5.41, 5.74) is 4.05. The van der Waals surface area contributed by atoms with Gasteiger partial charge in [0, 0.05) is 29.2 Å². The summed E-state index contributed by atoms with van der Waals surface area (Å²) in [6.45, 7) is 25.8. The topological polar surface area (TPSA) is 67.0 Å². The molecule has 1 N–H and O–H groups in total. The number of aromatic amines is 1. The van der Waals surface area contributed by atoms with E-state index in [1.807, 2.05) is 12.1 Å². The van der Waals surface area contributed by atoms with E-state index in [2.05, 4.69) is 64.5 Å². The largest absolute Gasteiger partial charge is 0.415 e. The van der Waals surface area contributed by atoms with Crippen molar-refractivity contribution in [2.45, 2.75) is 93.4 Å². The minimum Gasteiger partial charge on any atom is -0.402 e. The summed E-state index contributed by atoms with van der Waals surface area (Å²) in [6.07, 6.45) is 6.63. The van der Waals surface area contributed by atoms with Gasteiger partial charge in [0.1, 0.15) is 5.65 Å². The average molecular weight is 606 g/mol. The van der Waals surface area contributed by atoms with E-state index in [-0.39, 0.29) is 11.3 Å². The van der Waals surface area contributed by atoms with E-state index in [0.29, 0.717) is 59.8 Å². The van der Waals surface area contributed by atoms with Crippen LogP contribution in [-0.4, -0.2) is 38.7 Å². The van der Waals surface area contributed by atoms with Crippen LogP contribution >= 0.6 is 11.6 Å². The van der Waals surface area contributed by atoms with Gasteiger partial charge in [0.2, 0.25) is 5.88 Å². The first-order valence-corrected chi connectivity index (χ1v) is 16.5. The minimum absolute atomic E-state index is 0.132. The fourth-order valence-electron chi connectivity index (χ4n) is 7.74. The van der Waals surface area contributed by atoms with Crippen molar-refractivity contribution >= 4 is 29.0 Å². The molecule has 2 aromatic heterocycles. The highest BCUT2D eigenvalue weighted by Crippen LogP contribution is 2.51. The molecule has 4 unspecified atom stereocenters. The monoisotopic (exact) mass is 605 g/mol. The summed E-state index contributed by atoms with van der Waals surface area (Å²) in [6, 6.07) is 5.92. The fourth-order valence-corrected chi connectivity index (χ4v) is 7.99. The Kier molecular flexibility index (Phi) is 9.18. The van der Waals surface area contributed by atoms with Crippen LogP contribution in [0.5, 0.6) is 5.88 Å². The van der Waals surface area contributed by atoms with E-state index in [9.17, 15) is 4.79 Å². The van der Waals surface area contributed by atoms with E-state index >= 15 is 0 Å². The van der Waals surface area contributed by atoms with E-state index in [1.165, 1.54) is 19.3 Å². The predicted molar refractivity (Wildman–Crippen MR) is 174 cm³/mol. The molecule has 1 saturated heterocycles. The number of carbonyl (C=O) groups is 1. The smallest absolute Gasteiger partial charge is 0.402 e. The number of rotatable bonds is 7. The molecule has 7 nitrogen and oxygen atoms in total. The molecular formula is C35H48ClN5O2. The van der Waals surface area contributed by atoms with Crippen molar-refractivity contribution in [3.63, 3.8) is 0 Å². The highest BCUT2D eigenvalue weighted by Gasteiger charge is 2.43. The lowest BCUT2D eigenvalue weighted by atomic mass is 9.57. The number of hydrogen-bond donors (Lipinski definition) is 1. The first-order valence-electron chi connectivity index (χ1n) is 16.2. The van der Waals surface area contributed by atoms with Crippen LogP contribution < -0.4 is 4.74 Å². The Balaban J connectivity index is 1.65. The van der Waals surface area contributed by atoms with Crippen molar-refractivity contribution in [1.29, 1.82) is 0 Å². The molecule has 2 aliphatic rings. The molecule has 5 rings (SSSR count). The van der Waals surface area contributed by atoms with Gasteiger partial charge in [0.05, 0.1) is 6.57 Å². The number of ether oxygens (including phenoxy) is 1. The van der Waals surface area contributed by atoms with Crippen LogP contribution in [0.25, 0.3) is 21.9 Å². The Bertz CT molecular complexity index is 1500. The Labute approximate surface area is 262 Å². The molecule has 0 spiro atoms. The molecule has 3 aromatic rings. The predicted octanol–water partition coefficient (Wildman–Crippen LogP) is 9.60. The number of benzene rings is 1. The molecule has 1 amide bonds. The summed E-state index contributed by atoms with van der Waals surface area (Å²) in [5, 5.41) is 4.13. The van der Waals surface area contributed by atoms with E-state index in [0.717, 1.165) is 47.4 Å². The summed E-state index contributed by atoms with van der Waals surface area (Å²) >= 11 is 6.44. The van der Waals surface area contributed by atoms with Gasteiger partial charge in [-0.3, -0.25) is 5.10 Å². The van der Waals surface area contributed by atoms with Crippen LogP contribution in [0.3, 0.4) is 0 Å². The van der Waals surface area contributed by atoms with E-state index in [4.69, 9.17) is 27.9 Å². The maximum absolute atomic E-state index is 13.3. The minimum atomic E-state index is -0.402. The third-order valence-corrected chi connectivity index (χ3v) is 10.1. The number of amides is 1. The van der Waals surface area contributed by atoms with Crippen molar-refractivity contribution < 1.29 is 9.53 Å². The maximum Gasteiger partial charge on any atom is 0.415 e. The normalized spacial score (nSPS) is 22.8. The molecule has 0 bridgehead atoms. The second-order valence-electron chi connectivity index (χ2n) is 14.5. The van der Waals surface area contributed by atoms with Crippen molar-refractivity contribution in [3.05, 3.63) is 45.8 Å². The zero-order valence-corrected chi connectivity index (χ0v) is 27.7. The highest BCUT2D eigenvalue weighted by atomic mass is 35.5. The third-order valence-electron chi connectivity index (χ3n) is 9.78. The van der Waals surface area contributed by atoms with Crippen LogP contribution in [0, 0.1) is 41.6 Å². The first kappa shape index (κ1) is 31.4. The average Bonchev–Trinajstić information content (AvgIpc) is 3.68. The van der Waals surface area contributed by atoms with Crippen LogP contribution in [0.4, 0.5) is 10.5 Å². The Hall–Kier alpha value is -2.98. The SMILES string of the molecule is [C-]#[N+]c1c(CC2C(CC(C)C)CC(C)CC2C(C)(C)C)c2nc(-c3ccc(Cl)c(CC)c3)[nH]n2c1OC(=O)N1CCCC1. The number of hydrogen-bond acceptors (Lipinski definition) is 3. The lowest BCUT2D eigenvalue weighted by molar-refractivity contribution is 0.0259. The van der Waals surface area contributed by atoms with Crippen LogP contribution in [0.15, 0.2) is 18.2 Å². The number of halogens is 1. The zero-order chi connectivity index (χ0) is 31.1. The molecule has 1 aliphatic heterocycles. The molecule has 8 heteroatoms. The zero-order valence-electron chi connectivity index (χ0n) is 27.0. The Morgan fingerprint density at radius 1 is 1.23 bits per heavy atom. The summed E-state index contributed by atoms with van der Waals surface area (Å²) in [7, 11) is 0. The van der Waals surface area contributed by atoms with Gasteiger partial charge >= 0.3 is 6.09 Å². The van der Waals surface area contributed by atoms with Gasteiger partial charge in [0.25, 0.3) is 5.69 Å². The van der Waals surface area contributed by atoms with Crippen molar-refractivity contribution in [1.82, 2.24) is 19.5 Å². The number of fused-ring (bicyclic) bond motifs is 1. The second kappa shape index (κ2) is 12.6. The number of nitrogens with one attached hydrogen (secondary N) is 1. The lowest BCUT2D eigenvalue weighted by Gasteiger charge is -2.48. The molecule has 0 radical (unpaired) electrons. The van der Waals surface area contributed by atoms with Crippen molar-refractivity contribution in [3.8, 4) is 17.3 Å². The molecule has 43 heavy (non-hydrogen) atoms. The Morgan fingerprint density at radius 3 is 2.58 bits per heavy atom. The maximum atomic E-state index is 13.3. The number of aryl methyl sites for hydroxylation is 1. The van der Waals surface area contributed by atoms with Gasteiger partial charge in [0.15, 0.2) is 5.82 Å². The lowest BCUT2D eigenvalue weighted by Crippen LogP contribution is -2.40. The van der Waals surface area contributed by atoms with Gasteiger partial charge in [-0.1, -0.05) is 60.1 Å². The molecule has 4 atom stereocenters. The van der Waals surface area contributed by atoms with Crippen LogP contribution in [0.1, 0.15) is 91.7 Å². The number of nitrogens with zero attached hydrogens (tertiary/aromatic N) is 4. The van der Waals surface area contributed by atoms with Crippen LogP contribution in [0.2, 0.25) is 5.02 Å². The van der Waals surface area contributed by atoms with Gasteiger partial charge < -0.3 is 9.64 Å². The number of aromatic nitrogens is 3. The molecule has 3 heterocycles. The van der Waals surface area contributed by atoms with Crippen molar-refractivity contribution in [2.24, 2.45) is 35.0 Å². The first-order chi connectivity index (χ1) is 20.4. The Morgan fingerprint density at radius 2 is 1.95 bits per heavy atom. The molecule has 1 saturated carbocycles. The molecule has 1 aromatic carbocycles. The fraction of sp³-hybridized carbons (Fsp3) is 0.629. The third kappa shape index (κ3) is 6.45. The summed E-state index contributed by atoms with van der Waals surface area (Å²) in [4.78, 5) is 24.1.